The summed E-state index contributed by atoms with van der Waals surface area (Å²) in [7, 11) is 3.37. The van der Waals surface area contributed by atoms with Gasteiger partial charge >= 0.3 is 6.18 Å². The van der Waals surface area contributed by atoms with Crippen LogP contribution in [-0.4, -0.2) is 39.4 Å². The lowest BCUT2D eigenvalue weighted by Gasteiger charge is -2.35. The molecule has 1 fully saturated rings. The lowest BCUT2D eigenvalue weighted by atomic mass is 9.84. The average molecular weight is 422 g/mol. The third-order valence-electron chi connectivity index (χ3n) is 5.68. The zero-order valence-electron chi connectivity index (χ0n) is 17.2. The van der Waals surface area contributed by atoms with Crippen molar-refractivity contribution in [3.8, 4) is 0 Å². The summed E-state index contributed by atoms with van der Waals surface area (Å²) in [4.78, 5) is 31.2. The number of rotatable bonds is 4. The normalized spacial score (nSPS) is 19.4. The number of anilines is 1. The summed E-state index contributed by atoms with van der Waals surface area (Å²) in [6.45, 7) is 1.81. The van der Waals surface area contributed by atoms with E-state index in [-0.39, 0.29) is 23.4 Å². The molecule has 0 saturated heterocycles. The first-order valence-electron chi connectivity index (χ1n) is 9.81. The number of carbonyl (C=O) groups excluding carboxylic acids is 2. The van der Waals surface area contributed by atoms with Crippen molar-refractivity contribution >= 4 is 17.6 Å². The molecule has 0 spiro atoms. The highest BCUT2D eigenvalue weighted by molar-refractivity contribution is 5.95. The first-order valence-corrected chi connectivity index (χ1v) is 9.81. The molecule has 2 atom stereocenters. The van der Waals surface area contributed by atoms with Gasteiger partial charge in [-0.05, 0) is 44.4 Å². The molecule has 1 aromatic heterocycles. The molecule has 1 aromatic carbocycles. The monoisotopic (exact) mass is 422 g/mol. The van der Waals surface area contributed by atoms with Crippen LogP contribution < -0.4 is 5.32 Å². The number of imidazole rings is 1. The third kappa shape index (κ3) is 4.66. The van der Waals surface area contributed by atoms with Crippen molar-refractivity contribution < 1.29 is 22.8 Å². The van der Waals surface area contributed by atoms with E-state index in [0.29, 0.717) is 25.1 Å². The Kier molecular flexibility index (Phi) is 6.19. The van der Waals surface area contributed by atoms with Crippen LogP contribution in [0.4, 0.5) is 19.0 Å². The summed E-state index contributed by atoms with van der Waals surface area (Å²) in [6.07, 6.45) is -0.263. The van der Waals surface area contributed by atoms with Crippen molar-refractivity contribution in [2.75, 3.05) is 12.4 Å². The lowest BCUT2D eigenvalue weighted by Crippen LogP contribution is -2.42. The highest BCUT2D eigenvalue weighted by Gasteiger charge is 2.34. The highest BCUT2D eigenvalue weighted by Crippen LogP contribution is 2.32. The van der Waals surface area contributed by atoms with Gasteiger partial charge in [0.05, 0.1) is 17.6 Å². The van der Waals surface area contributed by atoms with Crippen LogP contribution in [0.25, 0.3) is 0 Å². The molecule has 162 valence electrons. The van der Waals surface area contributed by atoms with Gasteiger partial charge in [-0.25, -0.2) is 4.98 Å². The van der Waals surface area contributed by atoms with Crippen molar-refractivity contribution in [3.05, 3.63) is 47.4 Å². The van der Waals surface area contributed by atoms with Gasteiger partial charge in [0, 0.05) is 31.6 Å². The van der Waals surface area contributed by atoms with Gasteiger partial charge in [-0.2, -0.15) is 13.2 Å². The van der Waals surface area contributed by atoms with E-state index in [1.807, 2.05) is 0 Å². The van der Waals surface area contributed by atoms with Gasteiger partial charge in [0.1, 0.15) is 5.82 Å². The number of hydrogen-bond acceptors (Lipinski definition) is 3. The second-order valence-corrected chi connectivity index (χ2v) is 7.79. The van der Waals surface area contributed by atoms with E-state index in [1.165, 1.54) is 17.0 Å². The van der Waals surface area contributed by atoms with Gasteiger partial charge in [0.15, 0.2) is 0 Å². The quantitative estimate of drug-likeness (QED) is 0.810. The molecule has 2 aromatic rings. The lowest BCUT2D eigenvalue weighted by molar-refractivity contribution is -0.137. The molecule has 2 amide bonds. The van der Waals surface area contributed by atoms with Crippen molar-refractivity contribution in [1.29, 1.82) is 0 Å². The van der Waals surface area contributed by atoms with Gasteiger partial charge in [-0.15, -0.1) is 0 Å². The van der Waals surface area contributed by atoms with Crippen molar-refractivity contribution in [2.45, 2.75) is 44.8 Å². The molecule has 0 radical (unpaired) electrons. The van der Waals surface area contributed by atoms with E-state index in [2.05, 4.69) is 10.3 Å². The predicted molar refractivity (Wildman–Crippen MR) is 106 cm³/mol. The van der Waals surface area contributed by atoms with Gasteiger partial charge in [0.2, 0.25) is 5.91 Å². The fourth-order valence-corrected chi connectivity index (χ4v) is 3.90. The maximum Gasteiger partial charge on any atom is 0.416 e. The number of halogens is 3. The summed E-state index contributed by atoms with van der Waals surface area (Å²) in [6, 6.07) is 4.21. The Morgan fingerprint density at radius 3 is 2.63 bits per heavy atom. The van der Waals surface area contributed by atoms with Crippen molar-refractivity contribution in [3.63, 3.8) is 0 Å². The largest absolute Gasteiger partial charge is 0.416 e. The maximum absolute atomic E-state index is 13.0. The minimum Gasteiger partial charge on any atom is -0.339 e. The summed E-state index contributed by atoms with van der Waals surface area (Å²) >= 11 is 0. The molecule has 1 heterocycles. The SMILES string of the molecule is Cc1ncn(C)c1NC(=O)[C@H]1CCC[C@@H](N(C)C(=O)c2cccc(C(F)(F)F)c2)C1. The summed E-state index contributed by atoms with van der Waals surface area (Å²) in [5.41, 5.74) is -0.145. The zero-order valence-corrected chi connectivity index (χ0v) is 17.2. The number of aromatic nitrogens is 2. The van der Waals surface area contributed by atoms with Crippen LogP contribution >= 0.6 is 0 Å². The van der Waals surface area contributed by atoms with E-state index in [0.717, 1.165) is 24.2 Å². The number of benzene rings is 1. The van der Waals surface area contributed by atoms with Gasteiger partial charge < -0.3 is 14.8 Å². The molecule has 9 heteroatoms. The second kappa shape index (κ2) is 8.49. The smallest absolute Gasteiger partial charge is 0.339 e. The van der Waals surface area contributed by atoms with Crippen molar-refractivity contribution in [1.82, 2.24) is 14.5 Å². The minimum atomic E-state index is -4.51. The molecule has 0 aliphatic heterocycles. The number of amides is 2. The average Bonchev–Trinajstić information content (AvgIpc) is 3.04. The molecule has 30 heavy (non-hydrogen) atoms. The molecule has 1 aliphatic rings. The van der Waals surface area contributed by atoms with Crippen LogP contribution in [-0.2, 0) is 18.0 Å². The number of nitrogens with one attached hydrogen (secondary N) is 1. The van der Waals surface area contributed by atoms with Gasteiger partial charge in [-0.3, -0.25) is 9.59 Å². The summed E-state index contributed by atoms with van der Waals surface area (Å²) < 4.78 is 40.6. The van der Waals surface area contributed by atoms with Crippen LogP contribution in [0.5, 0.6) is 0 Å². The Balaban J connectivity index is 1.69. The Bertz CT molecular complexity index is 919. The minimum absolute atomic E-state index is 0.00981. The molecule has 0 unspecified atom stereocenters. The van der Waals surface area contributed by atoms with Crippen LogP contribution in [0.2, 0.25) is 0 Å². The Morgan fingerprint density at radius 2 is 2.00 bits per heavy atom. The molecular formula is C21H25F3N4O2. The number of alkyl halides is 3. The Labute approximate surface area is 173 Å². The third-order valence-corrected chi connectivity index (χ3v) is 5.68. The standard InChI is InChI=1S/C21H25F3N4O2/c1-13-18(27(2)12-25-13)26-19(29)14-6-5-9-17(11-14)28(3)20(30)15-7-4-8-16(10-15)21(22,23)24/h4,7-8,10,12,14,17H,5-6,9,11H2,1-3H3,(H,26,29)/t14-,17+/m0/s1. The summed E-state index contributed by atoms with van der Waals surface area (Å²) in [5, 5.41) is 2.91. The number of carbonyl (C=O) groups is 2. The van der Waals surface area contributed by atoms with E-state index in [4.69, 9.17) is 0 Å². The van der Waals surface area contributed by atoms with Crippen molar-refractivity contribution in [2.24, 2.45) is 13.0 Å². The van der Waals surface area contributed by atoms with E-state index >= 15 is 0 Å². The Hall–Kier alpha value is -2.84. The molecule has 1 aliphatic carbocycles. The molecule has 3 rings (SSSR count). The molecule has 6 nitrogen and oxygen atoms in total. The summed E-state index contributed by atoms with van der Waals surface area (Å²) in [5.74, 6) is -0.258. The fraction of sp³-hybridized carbons (Fsp3) is 0.476. The van der Waals surface area contributed by atoms with Crippen LogP contribution in [0.3, 0.4) is 0 Å². The Morgan fingerprint density at radius 1 is 1.27 bits per heavy atom. The molecule has 1 saturated carbocycles. The van der Waals surface area contributed by atoms with Gasteiger partial charge in [0.25, 0.3) is 5.91 Å². The number of nitrogens with zero attached hydrogens (tertiary/aromatic N) is 3. The van der Waals surface area contributed by atoms with E-state index in [1.54, 1.807) is 31.9 Å². The van der Waals surface area contributed by atoms with Crippen LogP contribution in [0.1, 0.15) is 47.3 Å². The van der Waals surface area contributed by atoms with Crippen LogP contribution in [0.15, 0.2) is 30.6 Å². The fourth-order valence-electron chi connectivity index (χ4n) is 3.90. The van der Waals surface area contributed by atoms with E-state index in [9.17, 15) is 22.8 Å². The predicted octanol–water partition coefficient (Wildman–Crippen LogP) is 4.02. The molecular weight excluding hydrogens is 397 g/mol. The number of aryl methyl sites for hydroxylation is 2. The zero-order chi connectivity index (χ0) is 22.1. The number of hydrogen-bond donors (Lipinski definition) is 1. The first kappa shape index (κ1) is 21.9. The molecule has 1 N–H and O–H groups in total. The first-order chi connectivity index (χ1) is 14.1. The highest BCUT2D eigenvalue weighted by atomic mass is 19.4. The topological polar surface area (TPSA) is 67.2 Å². The van der Waals surface area contributed by atoms with Crippen LogP contribution in [0, 0.1) is 12.8 Å². The maximum atomic E-state index is 13.0. The second-order valence-electron chi connectivity index (χ2n) is 7.79. The van der Waals surface area contributed by atoms with Gasteiger partial charge in [-0.1, -0.05) is 12.5 Å². The molecule has 0 bridgehead atoms. The van der Waals surface area contributed by atoms with E-state index < -0.39 is 17.6 Å².